The predicted octanol–water partition coefficient (Wildman–Crippen LogP) is 2.76. The van der Waals surface area contributed by atoms with Gasteiger partial charge in [0.05, 0.1) is 4.47 Å². The summed E-state index contributed by atoms with van der Waals surface area (Å²) in [6.07, 6.45) is 3.93. The van der Waals surface area contributed by atoms with Crippen molar-refractivity contribution in [3.8, 4) is 0 Å². The van der Waals surface area contributed by atoms with E-state index in [1.54, 1.807) is 10.6 Å². The van der Waals surface area contributed by atoms with E-state index in [0.717, 1.165) is 36.9 Å². The molecule has 0 atom stereocenters. The highest BCUT2D eigenvalue weighted by molar-refractivity contribution is 9.11. The van der Waals surface area contributed by atoms with Crippen molar-refractivity contribution in [2.45, 2.75) is 26.3 Å². The summed E-state index contributed by atoms with van der Waals surface area (Å²) in [5.74, 6) is 0. The molecule has 0 aliphatic rings. The Morgan fingerprint density at radius 3 is 2.81 bits per heavy atom. The van der Waals surface area contributed by atoms with Gasteiger partial charge in [0.2, 0.25) is 0 Å². The number of hydrogen-bond acceptors (Lipinski definition) is 2. The summed E-state index contributed by atoms with van der Waals surface area (Å²) in [5, 5.41) is 3.27. The Balaban J connectivity index is 2.51. The first kappa shape index (κ1) is 13.9. The maximum atomic E-state index is 11.7. The third-order valence-corrected chi connectivity index (χ3v) is 3.26. The Bertz CT molecular complexity index is 390. The van der Waals surface area contributed by atoms with Crippen molar-refractivity contribution in [2.24, 2.45) is 0 Å². The molecule has 1 aromatic heterocycles. The van der Waals surface area contributed by atoms with Crippen molar-refractivity contribution in [3.05, 3.63) is 31.6 Å². The van der Waals surface area contributed by atoms with Crippen molar-refractivity contribution in [2.75, 3.05) is 13.1 Å². The SMILES string of the molecule is CCNCCCCn1cc(Br)cc(Br)c1=O. The minimum Gasteiger partial charge on any atom is -0.317 e. The highest BCUT2D eigenvalue weighted by Crippen LogP contribution is 2.13. The molecular weight excluding hydrogens is 336 g/mol. The lowest BCUT2D eigenvalue weighted by Gasteiger charge is -2.07. The van der Waals surface area contributed by atoms with E-state index in [-0.39, 0.29) is 5.56 Å². The van der Waals surface area contributed by atoms with Crippen molar-refractivity contribution in [3.63, 3.8) is 0 Å². The van der Waals surface area contributed by atoms with Gasteiger partial charge in [0.25, 0.3) is 5.56 Å². The molecule has 0 aliphatic heterocycles. The minimum atomic E-state index is 0.0339. The molecule has 0 radical (unpaired) electrons. The number of nitrogens with one attached hydrogen (secondary N) is 1. The van der Waals surface area contributed by atoms with Gasteiger partial charge in [-0.05, 0) is 63.9 Å². The zero-order valence-corrected chi connectivity index (χ0v) is 12.5. The molecule has 1 aromatic rings. The number of hydrogen-bond donors (Lipinski definition) is 1. The molecule has 1 rings (SSSR count). The van der Waals surface area contributed by atoms with Crippen molar-refractivity contribution in [1.82, 2.24) is 9.88 Å². The van der Waals surface area contributed by atoms with Gasteiger partial charge in [0.1, 0.15) is 0 Å². The molecule has 0 aromatic carbocycles. The summed E-state index contributed by atoms with van der Waals surface area (Å²) in [4.78, 5) is 11.7. The molecule has 3 nitrogen and oxygen atoms in total. The molecule has 0 unspecified atom stereocenters. The topological polar surface area (TPSA) is 34.0 Å². The highest BCUT2D eigenvalue weighted by atomic mass is 79.9. The van der Waals surface area contributed by atoms with Crippen LogP contribution in [0.25, 0.3) is 0 Å². The maximum absolute atomic E-state index is 11.7. The smallest absolute Gasteiger partial charge is 0.264 e. The molecule has 1 N–H and O–H groups in total. The van der Waals surface area contributed by atoms with Crippen LogP contribution >= 0.6 is 31.9 Å². The molecular formula is C11H16Br2N2O. The number of unbranched alkanes of at least 4 members (excludes halogenated alkanes) is 1. The van der Waals surface area contributed by atoms with Crippen LogP contribution < -0.4 is 10.9 Å². The van der Waals surface area contributed by atoms with Crippen LogP contribution in [0.3, 0.4) is 0 Å². The first-order chi connectivity index (χ1) is 7.65. The quantitative estimate of drug-likeness (QED) is 0.799. The van der Waals surface area contributed by atoms with Gasteiger partial charge in [-0.2, -0.15) is 0 Å². The van der Waals surface area contributed by atoms with E-state index in [9.17, 15) is 4.79 Å². The number of aryl methyl sites for hydroxylation is 1. The van der Waals surface area contributed by atoms with Crippen LogP contribution in [-0.2, 0) is 6.54 Å². The zero-order valence-electron chi connectivity index (χ0n) is 9.30. The summed E-state index contributed by atoms with van der Waals surface area (Å²) in [7, 11) is 0. The standard InChI is InChI=1S/C11H16Br2N2O/c1-2-14-5-3-4-6-15-8-9(12)7-10(13)11(15)16/h7-8,14H,2-6H2,1H3. The van der Waals surface area contributed by atoms with Crippen LogP contribution in [0.15, 0.2) is 26.0 Å². The summed E-state index contributed by atoms with van der Waals surface area (Å²) >= 11 is 6.63. The second-order valence-electron chi connectivity index (χ2n) is 3.57. The molecule has 90 valence electrons. The summed E-state index contributed by atoms with van der Waals surface area (Å²) < 4.78 is 3.26. The highest BCUT2D eigenvalue weighted by Gasteiger charge is 2.02. The van der Waals surface area contributed by atoms with Gasteiger partial charge in [0.15, 0.2) is 0 Å². The van der Waals surface area contributed by atoms with Gasteiger partial charge in [-0.25, -0.2) is 0 Å². The fourth-order valence-corrected chi connectivity index (χ4v) is 2.70. The van der Waals surface area contributed by atoms with E-state index in [0.29, 0.717) is 4.47 Å². The van der Waals surface area contributed by atoms with Crippen LogP contribution in [0.2, 0.25) is 0 Å². The average molecular weight is 352 g/mol. The van der Waals surface area contributed by atoms with Crippen molar-refractivity contribution >= 4 is 31.9 Å². The van der Waals surface area contributed by atoms with E-state index < -0.39 is 0 Å². The van der Waals surface area contributed by atoms with Gasteiger partial charge in [-0.3, -0.25) is 4.79 Å². The number of nitrogens with zero attached hydrogens (tertiary/aromatic N) is 1. The lowest BCUT2D eigenvalue weighted by Crippen LogP contribution is -2.21. The van der Waals surface area contributed by atoms with Crippen LogP contribution in [0, 0.1) is 0 Å². The van der Waals surface area contributed by atoms with Gasteiger partial charge in [-0.1, -0.05) is 6.92 Å². The van der Waals surface area contributed by atoms with E-state index in [1.807, 2.05) is 6.20 Å². The molecule has 0 aliphatic carbocycles. The second kappa shape index (κ2) is 7.25. The maximum Gasteiger partial charge on any atom is 0.264 e. The van der Waals surface area contributed by atoms with Crippen molar-refractivity contribution < 1.29 is 0 Å². The molecule has 0 spiro atoms. The number of halogens is 2. The number of pyridine rings is 1. The third kappa shape index (κ3) is 4.39. The number of rotatable bonds is 6. The molecule has 16 heavy (non-hydrogen) atoms. The van der Waals surface area contributed by atoms with Crippen molar-refractivity contribution in [1.29, 1.82) is 0 Å². The fraction of sp³-hybridized carbons (Fsp3) is 0.545. The monoisotopic (exact) mass is 350 g/mol. The molecule has 0 saturated carbocycles. The molecule has 1 heterocycles. The van der Waals surface area contributed by atoms with Crippen LogP contribution in [0.4, 0.5) is 0 Å². The van der Waals surface area contributed by atoms with E-state index in [2.05, 4.69) is 44.1 Å². The Morgan fingerprint density at radius 1 is 1.38 bits per heavy atom. The van der Waals surface area contributed by atoms with Crippen LogP contribution in [0.1, 0.15) is 19.8 Å². The Kier molecular flexibility index (Phi) is 6.31. The summed E-state index contributed by atoms with van der Waals surface area (Å²) in [6.45, 7) is 4.88. The Hall–Kier alpha value is -0.130. The first-order valence-electron chi connectivity index (χ1n) is 5.41. The van der Waals surface area contributed by atoms with Gasteiger partial charge >= 0.3 is 0 Å². The van der Waals surface area contributed by atoms with Gasteiger partial charge in [-0.15, -0.1) is 0 Å². The molecule has 5 heteroatoms. The van der Waals surface area contributed by atoms with Crippen LogP contribution in [0.5, 0.6) is 0 Å². The molecule has 0 bridgehead atoms. The van der Waals surface area contributed by atoms with Gasteiger partial charge in [0, 0.05) is 17.2 Å². The Labute approximate surface area is 112 Å². The molecule has 0 fully saturated rings. The average Bonchev–Trinajstić information content (AvgIpc) is 2.24. The third-order valence-electron chi connectivity index (χ3n) is 2.26. The summed E-state index contributed by atoms with van der Waals surface area (Å²) in [6, 6.07) is 1.78. The second-order valence-corrected chi connectivity index (χ2v) is 5.34. The van der Waals surface area contributed by atoms with E-state index in [4.69, 9.17) is 0 Å². The first-order valence-corrected chi connectivity index (χ1v) is 7.00. The lowest BCUT2D eigenvalue weighted by molar-refractivity contribution is 0.564. The zero-order chi connectivity index (χ0) is 12.0. The Morgan fingerprint density at radius 2 is 2.12 bits per heavy atom. The number of aromatic nitrogens is 1. The van der Waals surface area contributed by atoms with Crippen LogP contribution in [-0.4, -0.2) is 17.7 Å². The molecule has 0 amide bonds. The van der Waals surface area contributed by atoms with Gasteiger partial charge < -0.3 is 9.88 Å². The predicted molar refractivity (Wildman–Crippen MR) is 73.9 cm³/mol. The summed E-state index contributed by atoms with van der Waals surface area (Å²) in [5.41, 5.74) is 0.0339. The minimum absolute atomic E-state index is 0.0339. The normalized spacial score (nSPS) is 10.7. The lowest BCUT2D eigenvalue weighted by atomic mass is 10.3. The largest absolute Gasteiger partial charge is 0.317 e. The fourth-order valence-electron chi connectivity index (χ4n) is 1.44. The molecule has 0 saturated heterocycles. The van der Waals surface area contributed by atoms with E-state index in [1.165, 1.54) is 0 Å². The van der Waals surface area contributed by atoms with E-state index >= 15 is 0 Å².